The van der Waals surface area contributed by atoms with Crippen LogP contribution < -0.4 is 11.1 Å². The van der Waals surface area contributed by atoms with E-state index in [0.29, 0.717) is 31.7 Å². The summed E-state index contributed by atoms with van der Waals surface area (Å²) in [7, 11) is -3.46. The molecule has 2 rings (SSSR count). The van der Waals surface area contributed by atoms with Crippen LogP contribution in [-0.4, -0.2) is 31.7 Å². The van der Waals surface area contributed by atoms with Crippen LogP contribution in [0, 0.1) is 0 Å². The van der Waals surface area contributed by atoms with E-state index in [4.69, 9.17) is 5.73 Å². The number of halogens is 1. The predicted molar refractivity (Wildman–Crippen MR) is 109 cm³/mol. The first kappa shape index (κ1) is 23.1. The molecule has 0 saturated heterocycles. The maximum atomic E-state index is 12.5. The van der Waals surface area contributed by atoms with Gasteiger partial charge in [-0.1, -0.05) is 38.1 Å². The van der Waals surface area contributed by atoms with E-state index in [2.05, 4.69) is 5.32 Å². The first-order valence-corrected chi connectivity index (χ1v) is 10.0. The van der Waals surface area contributed by atoms with E-state index in [-0.39, 0.29) is 23.2 Å². The van der Waals surface area contributed by atoms with Crippen LogP contribution in [0.5, 0.6) is 0 Å². The minimum absolute atomic E-state index is 0. The lowest BCUT2D eigenvalue weighted by Gasteiger charge is -2.18. The van der Waals surface area contributed by atoms with Crippen molar-refractivity contribution in [1.82, 2.24) is 9.62 Å². The van der Waals surface area contributed by atoms with E-state index in [1.165, 1.54) is 4.31 Å². The summed E-state index contributed by atoms with van der Waals surface area (Å²) >= 11 is 0. The second-order valence-corrected chi connectivity index (χ2v) is 7.75. The van der Waals surface area contributed by atoms with Gasteiger partial charge in [-0.05, 0) is 35.4 Å². The number of nitrogens with one attached hydrogen (secondary N) is 1. The number of benzene rings is 2. The Hall–Kier alpha value is -1.93. The molecule has 2 aromatic rings. The van der Waals surface area contributed by atoms with Crippen LogP contribution in [-0.2, 0) is 23.1 Å². The fraction of sp³-hybridized carbons (Fsp3) is 0.316. The highest BCUT2D eigenvalue weighted by molar-refractivity contribution is 7.89. The standard InChI is InChI=1S/C19H25N3O3S.ClH/c1-3-22(4-2)26(24,25)18-11-7-16(8-12-18)14-21-19(23)17-9-5-15(13-20)6-10-17;/h5-12H,3-4,13-14,20H2,1-2H3,(H,21,23);1H. The highest BCUT2D eigenvalue weighted by Crippen LogP contribution is 2.16. The van der Waals surface area contributed by atoms with Crippen molar-refractivity contribution in [3.8, 4) is 0 Å². The Morgan fingerprint density at radius 2 is 1.48 bits per heavy atom. The van der Waals surface area contributed by atoms with Crippen molar-refractivity contribution in [2.24, 2.45) is 5.73 Å². The minimum Gasteiger partial charge on any atom is -0.348 e. The third-order valence-corrected chi connectivity index (χ3v) is 6.24. The Morgan fingerprint density at radius 1 is 0.963 bits per heavy atom. The van der Waals surface area contributed by atoms with Crippen molar-refractivity contribution in [3.63, 3.8) is 0 Å². The second kappa shape index (κ2) is 10.4. The highest BCUT2D eigenvalue weighted by Gasteiger charge is 2.21. The van der Waals surface area contributed by atoms with Crippen molar-refractivity contribution >= 4 is 28.3 Å². The van der Waals surface area contributed by atoms with Gasteiger partial charge in [0.05, 0.1) is 4.90 Å². The molecule has 0 fully saturated rings. The zero-order chi connectivity index (χ0) is 19.2. The zero-order valence-electron chi connectivity index (χ0n) is 15.5. The predicted octanol–water partition coefficient (Wildman–Crippen LogP) is 2.53. The van der Waals surface area contributed by atoms with Gasteiger partial charge in [0.25, 0.3) is 5.91 Å². The molecule has 0 unspecified atom stereocenters. The molecule has 27 heavy (non-hydrogen) atoms. The first-order valence-electron chi connectivity index (χ1n) is 8.58. The lowest BCUT2D eigenvalue weighted by Crippen LogP contribution is -2.30. The molecule has 0 aliphatic carbocycles. The van der Waals surface area contributed by atoms with E-state index >= 15 is 0 Å². The number of nitrogens with two attached hydrogens (primary N) is 1. The average Bonchev–Trinajstić information content (AvgIpc) is 2.67. The van der Waals surface area contributed by atoms with E-state index in [9.17, 15) is 13.2 Å². The van der Waals surface area contributed by atoms with Crippen LogP contribution in [0.4, 0.5) is 0 Å². The molecule has 1 amide bonds. The number of hydrogen-bond donors (Lipinski definition) is 2. The molecule has 0 aromatic heterocycles. The van der Waals surface area contributed by atoms with Gasteiger partial charge in [0, 0.05) is 31.7 Å². The van der Waals surface area contributed by atoms with E-state index in [1.54, 1.807) is 36.4 Å². The topological polar surface area (TPSA) is 92.5 Å². The molecule has 0 aliphatic heterocycles. The zero-order valence-corrected chi connectivity index (χ0v) is 17.1. The molecule has 3 N–H and O–H groups in total. The third-order valence-electron chi connectivity index (χ3n) is 4.17. The van der Waals surface area contributed by atoms with Gasteiger partial charge in [0.15, 0.2) is 0 Å². The smallest absolute Gasteiger partial charge is 0.251 e. The normalized spacial score (nSPS) is 11.1. The quantitative estimate of drug-likeness (QED) is 0.698. The van der Waals surface area contributed by atoms with E-state index < -0.39 is 10.0 Å². The van der Waals surface area contributed by atoms with Gasteiger partial charge in [-0.2, -0.15) is 4.31 Å². The van der Waals surface area contributed by atoms with Crippen LogP contribution in [0.25, 0.3) is 0 Å². The molecule has 2 aromatic carbocycles. The first-order chi connectivity index (χ1) is 12.4. The number of carbonyl (C=O) groups is 1. The van der Waals surface area contributed by atoms with Gasteiger partial charge in [-0.15, -0.1) is 12.4 Å². The molecule has 0 saturated carbocycles. The average molecular weight is 412 g/mol. The van der Waals surface area contributed by atoms with Crippen LogP contribution in [0.15, 0.2) is 53.4 Å². The number of nitrogens with zero attached hydrogens (tertiary/aromatic N) is 1. The van der Waals surface area contributed by atoms with E-state index in [0.717, 1.165) is 11.1 Å². The van der Waals surface area contributed by atoms with Gasteiger partial charge in [0.1, 0.15) is 0 Å². The van der Waals surface area contributed by atoms with Gasteiger partial charge < -0.3 is 11.1 Å². The number of carbonyl (C=O) groups excluding carboxylic acids is 1. The minimum atomic E-state index is -3.46. The Bertz CT molecular complexity index is 834. The Kier molecular flexibility index (Phi) is 8.92. The number of amides is 1. The lowest BCUT2D eigenvalue weighted by atomic mass is 10.1. The van der Waals surface area contributed by atoms with Crippen molar-refractivity contribution in [2.45, 2.75) is 31.8 Å². The molecular weight excluding hydrogens is 386 g/mol. The molecular formula is C19H26ClN3O3S. The van der Waals surface area contributed by atoms with Crippen molar-refractivity contribution in [1.29, 1.82) is 0 Å². The monoisotopic (exact) mass is 411 g/mol. The molecule has 0 spiro atoms. The SMILES string of the molecule is CCN(CC)S(=O)(=O)c1ccc(CNC(=O)c2ccc(CN)cc2)cc1.Cl. The molecule has 0 radical (unpaired) electrons. The third kappa shape index (κ3) is 5.77. The highest BCUT2D eigenvalue weighted by atomic mass is 35.5. The summed E-state index contributed by atoms with van der Waals surface area (Å²) in [5.74, 6) is -0.187. The van der Waals surface area contributed by atoms with Crippen molar-refractivity contribution < 1.29 is 13.2 Å². The molecule has 0 atom stereocenters. The summed E-state index contributed by atoms with van der Waals surface area (Å²) < 4.78 is 26.3. The summed E-state index contributed by atoms with van der Waals surface area (Å²) in [5.41, 5.74) is 7.90. The molecule has 148 valence electrons. The van der Waals surface area contributed by atoms with Crippen LogP contribution >= 0.6 is 12.4 Å². The van der Waals surface area contributed by atoms with E-state index in [1.807, 2.05) is 26.0 Å². The van der Waals surface area contributed by atoms with Crippen LogP contribution in [0.2, 0.25) is 0 Å². The van der Waals surface area contributed by atoms with Gasteiger partial charge in [-0.25, -0.2) is 8.42 Å². The lowest BCUT2D eigenvalue weighted by molar-refractivity contribution is 0.0951. The fourth-order valence-corrected chi connectivity index (χ4v) is 4.03. The summed E-state index contributed by atoms with van der Waals surface area (Å²) in [6, 6.07) is 13.7. The molecule has 0 heterocycles. The van der Waals surface area contributed by atoms with Crippen molar-refractivity contribution in [2.75, 3.05) is 13.1 Å². The second-order valence-electron chi connectivity index (χ2n) is 5.82. The summed E-state index contributed by atoms with van der Waals surface area (Å²) in [5, 5.41) is 2.83. The summed E-state index contributed by atoms with van der Waals surface area (Å²) in [6.07, 6.45) is 0. The Labute approximate surface area is 167 Å². The maximum Gasteiger partial charge on any atom is 0.251 e. The summed E-state index contributed by atoms with van der Waals surface area (Å²) in [6.45, 7) is 5.24. The fourth-order valence-electron chi connectivity index (χ4n) is 2.57. The maximum absolute atomic E-state index is 12.5. The van der Waals surface area contributed by atoms with Gasteiger partial charge in [0.2, 0.25) is 10.0 Å². The molecule has 0 bridgehead atoms. The van der Waals surface area contributed by atoms with Crippen LogP contribution in [0.1, 0.15) is 35.3 Å². The number of hydrogen-bond acceptors (Lipinski definition) is 4. The number of sulfonamides is 1. The molecule has 6 nitrogen and oxygen atoms in total. The van der Waals surface area contributed by atoms with Crippen LogP contribution in [0.3, 0.4) is 0 Å². The number of rotatable bonds is 8. The van der Waals surface area contributed by atoms with Gasteiger partial charge in [-0.3, -0.25) is 4.79 Å². The molecule has 8 heteroatoms. The Morgan fingerprint density at radius 3 is 1.96 bits per heavy atom. The Balaban J connectivity index is 0.00000364. The largest absolute Gasteiger partial charge is 0.348 e. The van der Waals surface area contributed by atoms with Gasteiger partial charge >= 0.3 is 0 Å². The van der Waals surface area contributed by atoms with Crippen molar-refractivity contribution in [3.05, 3.63) is 65.2 Å². The summed E-state index contributed by atoms with van der Waals surface area (Å²) in [4.78, 5) is 12.4. The molecule has 0 aliphatic rings.